The lowest BCUT2D eigenvalue weighted by molar-refractivity contribution is -0.125. The Kier molecular flexibility index (Phi) is 4.39. The predicted octanol–water partition coefficient (Wildman–Crippen LogP) is 0.463. The maximum Gasteiger partial charge on any atom is 0.254 e. The summed E-state index contributed by atoms with van der Waals surface area (Å²) in [6, 6.07) is 5.22. The molecule has 0 saturated carbocycles. The quantitative estimate of drug-likeness (QED) is 0.824. The highest BCUT2D eigenvalue weighted by molar-refractivity contribution is 5.98. The summed E-state index contributed by atoms with van der Waals surface area (Å²) < 4.78 is 0. The number of benzene rings is 1. The Hall–Kier alpha value is -1.88. The van der Waals surface area contributed by atoms with Gasteiger partial charge in [0.2, 0.25) is 5.91 Å². The van der Waals surface area contributed by atoms with Crippen molar-refractivity contribution in [2.75, 3.05) is 26.7 Å². The molecule has 20 heavy (non-hydrogen) atoms. The lowest BCUT2D eigenvalue weighted by Gasteiger charge is -2.35. The van der Waals surface area contributed by atoms with Gasteiger partial charge in [-0.1, -0.05) is 6.07 Å². The third kappa shape index (κ3) is 2.82. The summed E-state index contributed by atoms with van der Waals surface area (Å²) in [5, 5.41) is 5.77. The van der Waals surface area contributed by atoms with Crippen molar-refractivity contribution < 1.29 is 9.59 Å². The molecule has 2 amide bonds. The SMILES string of the molecule is CNC(=O)C1CNCCN1C(=O)c1ccc(C)c(C)c1. The lowest BCUT2D eigenvalue weighted by Crippen LogP contribution is -2.59. The standard InChI is InChI=1S/C15H21N3O2/c1-10-4-5-12(8-11(10)2)15(20)18-7-6-17-9-13(18)14(19)16-3/h4-5,8,13,17H,6-7,9H2,1-3H3,(H,16,19). The Morgan fingerprint density at radius 2 is 2.05 bits per heavy atom. The molecule has 1 fully saturated rings. The van der Waals surface area contributed by atoms with Gasteiger partial charge in [-0.2, -0.15) is 0 Å². The molecule has 1 aromatic carbocycles. The van der Waals surface area contributed by atoms with E-state index >= 15 is 0 Å². The molecule has 5 nitrogen and oxygen atoms in total. The maximum atomic E-state index is 12.6. The summed E-state index contributed by atoms with van der Waals surface area (Å²) in [6.45, 7) is 5.76. The molecule has 1 aliphatic heterocycles. The van der Waals surface area contributed by atoms with Crippen molar-refractivity contribution in [3.05, 3.63) is 34.9 Å². The van der Waals surface area contributed by atoms with Crippen LogP contribution in [0.5, 0.6) is 0 Å². The van der Waals surface area contributed by atoms with Crippen molar-refractivity contribution in [2.45, 2.75) is 19.9 Å². The molecule has 1 saturated heterocycles. The molecule has 1 heterocycles. The highest BCUT2D eigenvalue weighted by Gasteiger charge is 2.31. The van der Waals surface area contributed by atoms with Crippen LogP contribution in [-0.2, 0) is 4.79 Å². The van der Waals surface area contributed by atoms with E-state index in [1.54, 1.807) is 11.9 Å². The predicted molar refractivity (Wildman–Crippen MR) is 77.7 cm³/mol. The Labute approximate surface area is 119 Å². The van der Waals surface area contributed by atoms with Crippen LogP contribution in [0.4, 0.5) is 0 Å². The Morgan fingerprint density at radius 3 is 2.70 bits per heavy atom. The fraction of sp³-hybridized carbons (Fsp3) is 0.467. The monoisotopic (exact) mass is 275 g/mol. The summed E-state index contributed by atoms with van der Waals surface area (Å²) in [5.41, 5.74) is 2.89. The number of carbonyl (C=O) groups excluding carboxylic acids is 2. The van der Waals surface area contributed by atoms with Crippen LogP contribution in [0.25, 0.3) is 0 Å². The first-order valence-electron chi connectivity index (χ1n) is 6.85. The van der Waals surface area contributed by atoms with Crippen LogP contribution < -0.4 is 10.6 Å². The molecule has 2 N–H and O–H groups in total. The first kappa shape index (κ1) is 14.5. The third-order valence-electron chi connectivity index (χ3n) is 3.81. The molecule has 1 aromatic rings. The molecular weight excluding hydrogens is 254 g/mol. The van der Waals surface area contributed by atoms with Crippen LogP contribution >= 0.6 is 0 Å². The van der Waals surface area contributed by atoms with Crippen molar-refractivity contribution in [1.82, 2.24) is 15.5 Å². The van der Waals surface area contributed by atoms with Crippen LogP contribution in [-0.4, -0.2) is 49.4 Å². The van der Waals surface area contributed by atoms with E-state index in [-0.39, 0.29) is 11.8 Å². The van der Waals surface area contributed by atoms with E-state index in [4.69, 9.17) is 0 Å². The van der Waals surface area contributed by atoms with Gasteiger partial charge in [0.15, 0.2) is 0 Å². The molecule has 1 atom stereocenters. The van der Waals surface area contributed by atoms with Gasteiger partial charge in [0.05, 0.1) is 0 Å². The number of nitrogens with one attached hydrogen (secondary N) is 2. The number of nitrogens with zero attached hydrogens (tertiary/aromatic N) is 1. The zero-order valence-electron chi connectivity index (χ0n) is 12.2. The maximum absolute atomic E-state index is 12.6. The van der Waals surface area contributed by atoms with E-state index in [0.717, 1.165) is 11.1 Å². The Bertz CT molecular complexity index is 528. The molecule has 0 aliphatic carbocycles. The molecule has 0 aromatic heterocycles. The first-order valence-corrected chi connectivity index (χ1v) is 6.85. The Balaban J connectivity index is 2.25. The number of rotatable bonds is 2. The summed E-state index contributed by atoms with van der Waals surface area (Å²) in [5.74, 6) is -0.211. The largest absolute Gasteiger partial charge is 0.357 e. The zero-order valence-corrected chi connectivity index (χ0v) is 12.2. The van der Waals surface area contributed by atoms with Gasteiger partial charge in [0.25, 0.3) is 5.91 Å². The molecule has 108 valence electrons. The number of likely N-dealkylation sites (N-methyl/N-ethyl adjacent to an activating group) is 1. The van der Waals surface area contributed by atoms with Crippen molar-refractivity contribution in [1.29, 1.82) is 0 Å². The lowest BCUT2D eigenvalue weighted by atomic mass is 10.0. The zero-order chi connectivity index (χ0) is 14.7. The van der Waals surface area contributed by atoms with E-state index in [9.17, 15) is 9.59 Å². The minimum atomic E-state index is -0.442. The van der Waals surface area contributed by atoms with Gasteiger partial charge in [0, 0.05) is 32.2 Å². The van der Waals surface area contributed by atoms with Crippen molar-refractivity contribution in [2.24, 2.45) is 0 Å². The number of piperazine rings is 1. The second-order valence-corrected chi connectivity index (χ2v) is 5.13. The van der Waals surface area contributed by atoms with Gasteiger partial charge in [-0.15, -0.1) is 0 Å². The van der Waals surface area contributed by atoms with Crippen LogP contribution in [0.3, 0.4) is 0 Å². The van der Waals surface area contributed by atoms with Gasteiger partial charge >= 0.3 is 0 Å². The van der Waals surface area contributed by atoms with Gasteiger partial charge in [-0.05, 0) is 37.1 Å². The summed E-state index contributed by atoms with van der Waals surface area (Å²) in [4.78, 5) is 26.2. The molecule has 0 spiro atoms. The van der Waals surface area contributed by atoms with Gasteiger partial charge in [-0.3, -0.25) is 9.59 Å². The van der Waals surface area contributed by atoms with E-state index in [0.29, 0.717) is 25.2 Å². The normalized spacial score (nSPS) is 18.8. The summed E-state index contributed by atoms with van der Waals surface area (Å²) >= 11 is 0. The average Bonchev–Trinajstić information content (AvgIpc) is 2.48. The van der Waals surface area contributed by atoms with E-state index in [1.807, 2.05) is 32.0 Å². The van der Waals surface area contributed by atoms with Crippen LogP contribution in [0.1, 0.15) is 21.5 Å². The summed E-state index contributed by atoms with van der Waals surface area (Å²) in [6.07, 6.45) is 0. The molecule has 1 unspecified atom stereocenters. The van der Waals surface area contributed by atoms with Crippen molar-refractivity contribution in [3.8, 4) is 0 Å². The minimum absolute atomic E-state index is 0.0804. The van der Waals surface area contributed by atoms with Crippen molar-refractivity contribution >= 4 is 11.8 Å². The van der Waals surface area contributed by atoms with Crippen LogP contribution in [0.15, 0.2) is 18.2 Å². The first-order chi connectivity index (χ1) is 9.54. The molecule has 0 bridgehead atoms. The van der Waals surface area contributed by atoms with Crippen LogP contribution in [0.2, 0.25) is 0 Å². The van der Waals surface area contributed by atoms with Gasteiger partial charge < -0.3 is 15.5 Å². The van der Waals surface area contributed by atoms with Gasteiger partial charge in [0.1, 0.15) is 6.04 Å². The second kappa shape index (κ2) is 6.05. The topological polar surface area (TPSA) is 61.4 Å². The Morgan fingerprint density at radius 1 is 1.30 bits per heavy atom. The summed E-state index contributed by atoms with van der Waals surface area (Å²) in [7, 11) is 1.59. The molecule has 5 heteroatoms. The van der Waals surface area contributed by atoms with Crippen molar-refractivity contribution in [3.63, 3.8) is 0 Å². The third-order valence-corrected chi connectivity index (χ3v) is 3.81. The van der Waals surface area contributed by atoms with Gasteiger partial charge in [-0.25, -0.2) is 0 Å². The van der Waals surface area contributed by atoms with Crippen LogP contribution in [0, 0.1) is 13.8 Å². The highest BCUT2D eigenvalue weighted by Crippen LogP contribution is 2.15. The van der Waals surface area contributed by atoms with E-state index < -0.39 is 6.04 Å². The number of amides is 2. The minimum Gasteiger partial charge on any atom is -0.357 e. The second-order valence-electron chi connectivity index (χ2n) is 5.13. The molecule has 0 radical (unpaired) electrons. The highest BCUT2D eigenvalue weighted by atomic mass is 16.2. The number of carbonyl (C=O) groups is 2. The average molecular weight is 275 g/mol. The molecule has 2 rings (SSSR count). The number of hydrogen-bond donors (Lipinski definition) is 2. The fourth-order valence-electron chi connectivity index (χ4n) is 2.39. The van der Waals surface area contributed by atoms with E-state index in [2.05, 4.69) is 10.6 Å². The number of hydrogen-bond acceptors (Lipinski definition) is 3. The molecule has 1 aliphatic rings. The fourth-order valence-corrected chi connectivity index (χ4v) is 2.39. The smallest absolute Gasteiger partial charge is 0.254 e. The number of aryl methyl sites for hydroxylation is 2. The van der Waals surface area contributed by atoms with E-state index in [1.165, 1.54) is 0 Å². The molecular formula is C15H21N3O2.